The van der Waals surface area contributed by atoms with Gasteiger partial charge in [0.2, 0.25) is 5.91 Å². The number of pyridine rings is 1. The summed E-state index contributed by atoms with van der Waals surface area (Å²) in [6, 6.07) is 15.0. The fraction of sp³-hybridized carbons (Fsp3) is 0.250. The number of carbonyl (C=O) groups is 1. The molecule has 0 saturated carbocycles. The second kappa shape index (κ2) is 8.18. The Bertz CT molecular complexity index is 1280. The molecule has 0 spiro atoms. The number of hydrogen-bond donors (Lipinski definition) is 1. The number of rotatable bonds is 5. The third kappa shape index (κ3) is 3.86. The molecular weight excluding hydrogens is 390 g/mol. The van der Waals surface area contributed by atoms with Crippen LogP contribution in [0.15, 0.2) is 71.9 Å². The number of hydrogen-bond acceptors (Lipinski definition) is 4. The largest absolute Gasteiger partial charge is 0.361 e. The predicted molar refractivity (Wildman–Crippen MR) is 118 cm³/mol. The van der Waals surface area contributed by atoms with Gasteiger partial charge in [-0.15, -0.1) is 0 Å². The maximum atomic E-state index is 13.1. The summed E-state index contributed by atoms with van der Waals surface area (Å²) < 4.78 is 1.48. The Kier molecular flexibility index (Phi) is 5.08. The molecule has 1 atom stereocenters. The summed E-state index contributed by atoms with van der Waals surface area (Å²) in [6.45, 7) is 1.11. The number of H-pyrrole nitrogens is 1. The van der Waals surface area contributed by atoms with E-state index in [1.165, 1.54) is 10.7 Å². The van der Waals surface area contributed by atoms with Crippen LogP contribution in [-0.4, -0.2) is 43.1 Å². The SMILES string of the molecule is O=C(Cc1c[nH]c2ccccc12)N1CCCC1Cn1nc(-c2ccncc2)ccc1=O. The number of benzene rings is 1. The molecule has 3 aromatic heterocycles. The first kappa shape index (κ1) is 19.2. The summed E-state index contributed by atoms with van der Waals surface area (Å²) in [5.74, 6) is 0.0885. The Hall–Kier alpha value is -3.74. The molecule has 1 aliphatic rings. The third-order valence-corrected chi connectivity index (χ3v) is 5.94. The number of nitrogens with zero attached hydrogens (tertiary/aromatic N) is 4. The lowest BCUT2D eigenvalue weighted by Gasteiger charge is -2.25. The minimum absolute atomic E-state index is 0.0319. The van der Waals surface area contributed by atoms with E-state index >= 15 is 0 Å². The minimum atomic E-state index is -0.159. The Morgan fingerprint density at radius 3 is 2.81 bits per heavy atom. The van der Waals surface area contributed by atoms with E-state index in [4.69, 9.17) is 0 Å². The van der Waals surface area contributed by atoms with Gasteiger partial charge in [-0.05, 0) is 42.7 Å². The third-order valence-electron chi connectivity index (χ3n) is 5.94. The maximum Gasteiger partial charge on any atom is 0.266 e. The molecular formula is C24H23N5O2. The van der Waals surface area contributed by atoms with Gasteiger partial charge in [0.25, 0.3) is 5.56 Å². The Morgan fingerprint density at radius 1 is 1.10 bits per heavy atom. The molecule has 31 heavy (non-hydrogen) atoms. The van der Waals surface area contributed by atoms with Crippen molar-refractivity contribution in [2.24, 2.45) is 0 Å². The molecule has 5 rings (SSSR count). The van der Waals surface area contributed by atoms with E-state index in [1.54, 1.807) is 18.5 Å². The van der Waals surface area contributed by atoms with Crippen LogP contribution in [0.4, 0.5) is 0 Å². The van der Waals surface area contributed by atoms with E-state index < -0.39 is 0 Å². The van der Waals surface area contributed by atoms with Crippen molar-refractivity contribution in [3.8, 4) is 11.3 Å². The molecule has 0 bridgehead atoms. The van der Waals surface area contributed by atoms with E-state index in [1.807, 2.05) is 47.5 Å². The number of aromatic amines is 1. The van der Waals surface area contributed by atoms with Crippen LogP contribution in [0.3, 0.4) is 0 Å². The summed E-state index contributed by atoms with van der Waals surface area (Å²) in [5.41, 5.74) is 3.50. The second-order valence-electron chi connectivity index (χ2n) is 7.89. The fourth-order valence-corrected chi connectivity index (χ4v) is 4.35. The minimum Gasteiger partial charge on any atom is -0.361 e. The molecule has 4 aromatic rings. The monoisotopic (exact) mass is 413 g/mol. The first-order valence-electron chi connectivity index (χ1n) is 10.5. The van der Waals surface area contributed by atoms with Crippen LogP contribution in [0, 0.1) is 0 Å². The van der Waals surface area contributed by atoms with E-state index in [-0.39, 0.29) is 17.5 Å². The van der Waals surface area contributed by atoms with Gasteiger partial charge in [0.15, 0.2) is 0 Å². The number of amides is 1. The van der Waals surface area contributed by atoms with Gasteiger partial charge in [0, 0.05) is 47.7 Å². The molecule has 1 N–H and O–H groups in total. The van der Waals surface area contributed by atoms with Crippen LogP contribution in [-0.2, 0) is 17.8 Å². The lowest BCUT2D eigenvalue weighted by Crippen LogP contribution is -2.41. The molecule has 1 unspecified atom stereocenters. The molecule has 0 aliphatic carbocycles. The summed E-state index contributed by atoms with van der Waals surface area (Å²) in [6.07, 6.45) is 7.47. The summed E-state index contributed by atoms with van der Waals surface area (Å²) in [5, 5.41) is 5.63. The van der Waals surface area contributed by atoms with Crippen LogP contribution >= 0.6 is 0 Å². The van der Waals surface area contributed by atoms with Crippen molar-refractivity contribution < 1.29 is 4.79 Å². The van der Waals surface area contributed by atoms with E-state index in [2.05, 4.69) is 15.1 Å². The van der Waals surface area contributed by atoms with Gasteiger partial charge >= 0.3 is 0 Å². The van der Waals surface area contributed by atoms with Gasteiger partial charge in [0.1, 0.15) is 0 Å². The van der Waals surface area contributed by atoms with Gasteiger partial charge < -0.3 is 9.88 Å². The standard InChI is InChI=1S/C24H23N5O2/c30-23-8-7-21(17-9-11-25-12-10-17)27-29(23)16-19-4-3-13-28(19)24(31)14-18-15-26-22-6-2-1-5-20(18)22/h1-2,5-12,15,19,26H,3-4,13-14,16H2. The summed E-state index contributed by atoms with van der Waals surface area (Å²) in [7, 11) is 0. The lowest BCUT2D eigenvalue weighted by atomic mass is 10.1. The smallest absolute Gasteiger partial charge is 0.266 e. The number of aromatic nitrogens is 4. The molecule has 1 amide bonds. The highest BCUT2D eigenvalue weighted by atomic mass is 16.2. The zero-order valence-corrected chi connectivity index (χ0v) is 17.1. The van der Waals surface area contributed by atoms with Crippen molar-refractivity contribution in [3.63, 3.8) is 0 Å². The molecule has 7 heteroatoms. The van der Waals surface area contributed by atoms with Gasteiger partial charge in [-0.25, -0.2) is 4.68 Å². The van der Waals surface area contributed by atoms with Crippen molar-refractivity contribution in [2.45, 2.75) is 31.8 Å². The van der Waals surface area contributed by atoms with Crippen LogP contribution in [0.5, 0.6) is 0 Å². The normalized spacial score (nSPS) is 16.1. The Labute approximate surface area is 179 Å². The van der Waals surface area contributed by atoms with Crippen molar-refractivity contribution in [1.29, 1.82) is 0 Å². The predicted octanol–water partition coefficient (Wildman–Crippen LogP) is 3.02. The van der Waals surface area contributed by atoms with Crippen molar-refractivity contribution in [1.82, 2.24) is 24.6 Å². The fourth-order valence-electron chi connectivity index (χ4n) is 4.35. The molecule has 7 nitrogen and oxygen atoms in total. The molecule has 4 heterocycles. The Balaban J connectivity index is 1.35. The van der Waals surface area contributed by atoms with Gasteiger partial charge in [-0.2, -0.15) is 5.10 Å². The number of fused-ring (bicyclic) bond motifs is 1. The van der Waals surface area contributed by atoms with E-state index in [9.17, 15) is 9.59 Å². The molecule has 1 aliphatic heterocycles. The van der Waals surface area contributed by atoms with E-state index in [0.717, 1.165) is 40.6 Å². The van der Waals surface area contributed by atoms with Crippen molar-refractivity contribution >= 4 is 16.8 Å². The highest BCUT2D eigenvalue weighted by Gasteiger charge is 2.29. The molecule has 1 aromatic carbocycles. The average molecular weight is 413 g/mol. The number of para-hydroxylation sites is 1. The van der Waals surface area contributed by atoms with Gasteiger partial charge in [0.05, 0.1) is 24.7 Å². The molecule has 1 fully saturated rings. The maximum absolute atomic E-state index is 13.1. The van der Waals surface area contributed by atoms with Crippen LogP contribution in [0.2, 0.25) is 0 Å². The first-order valence-corrected chi connectivity index (χ1v) is 10.5. The number of carbonyl (C=O) groups excluding carboxylic acids is 1. The first-order chi connectivity index (χ1) is 15.2. The summed E-state index contributed by atoms with van der Waals surface area (Å²) >= 11 is 0. The highest BCUT2D eigenvalue weighted by molar-refractivity contribution is 5.89. The quantitative estimate of drug-likeness (QED) is 0.545. The zero-order chi connectivity index (χ0) is 21.2. The van der Waals surface area contributed by atoms with Crippen LogP contribution in [0.25, 0.3) is 22.2 Å². The second-order valence-corrected chi connectivity index (χ2v) is 7.89. The van der Waals surface area contributed by atoms with Crippen molar-refractivity contribution in [2.75, 3.05) is 6.54 Å². The average Bonchev–Trinajstić information content (AvgIpc) is 3.43. The van der Waals surface area contributed by atoms with E-state index in [0.29, 0.717) is 19.5 Å². The number of likely N-dealkylation sites (tertiary alicyclic amines) is 1. The topological polar surface area (TPSA) is 83.9 Å². The zero-order valence-electron chi connectivity index (χ0n) is 17.1. The Morgan fingerprint density at radius 2 is 1.94 bits per heavy atom. The van der Waals surface area contributed by atoms with Crippen molar-refractivity contribution in [3.05, 3.63) is 83.0 Å². The lowest BCUT2D eigenvalue weighted by molar-refractivity contribution is -0.131. The van der Waals surface area contributed by atoms with Crippen LogP contribution in [0.1, 0.15) is 18.4 Å². The molecule has 0 radical (unpaired) electrons. The molecule has 1 saturated heterocycles. The molecule has 156 valence electrons. The highest BCUT2D eigenvalue weighted by Crippen LogP contribution is 2.23. The van der Waals surface area contributed by atoms with Gasteiger partial charge in [-0.3, -0.25) is 14.6 Å². The van der Waals surface area contributed by atoms with Crippen LogP contribution < -0.4 is 5.56 Å². The van der Waals surface area contributed by atoms with Gasteiger partial charge in [-0.1, -0.05) is 18.2 Å². The summed E-state index contributed by atoms with van der Waals surface area (Å²) in [4.78, 5) is 34.8. The number of nitrogens with one attached hydrogen (secondary N) is 1.